The Bertz CT molecular complexity index is 241. The van der Waals surface area contributed by atoms with Crippen LogP contribution in [0.2, 0.25) is 0 Å². The van der Waals surface area contributed by atoms with Crippen molar-refractivity contribution in [1.82, 2.24) is 0 Å². The minimum Gasteiger partial charge on any atom is -0.480 e. The van der Waals surface area contributed by atoms with E-state index < -0.39 is 23.1 Å². The van der Waals surface area contributed by atoms with Crippen LogP contribution in [0.4, 0.5) is 0 Å². The molecule has 0 aromatic rings. The van der Waals surface area contributed by atoms with Gasteiger partial charge in [0.05, 0.1) is 0 Å². The molecular formula is C7H8O5. The molecule has 0 unspecified atom stereocenters. The number of ketones is 1. The summed E-state index contributed by atoms with van der Waals surface area (Å²) in [6, 6.07) is 0. The van der Waals surface area contributed by atoms with Crippen LogP contribution in [0.15, 0.2) is 0 Å². The van der Waals surface area contributed by atoms with Gasteiger partial charge in [-0.1, -0.05) is 0 Å². The van der Waals surface area contributed by atoms with Crippen LogP contribution < -0.4 is 0 Å². The van der Waals surface area contributed by atoms with E-state index in [1.54, 1.807) is 0 Å². The third-order valence-corrected chi connectivity index (χ3v) is 2.16. The molecule has 66 valence electrons. The highest BCUT2D eigenvalue weighted by Crippen LogP contribution is 2.35. The predicted molar refractivity (Wildman–Crippen MR) is 36.6 cm³/mol. The Hall–Kier alpha value is -1.39. The maximum absolute atomic E-state index is 11.0. The summed E-state index contributed by atoms with van der Waals surface area (Å²) in [5.74, 6) is -3.78. The molecule has 0 amide bonds. The molecule has 1 rings (SSSR count). The molecule has 0 atom stereocenters. The highest BCUT2D eigenvalue weighted by atomic mass is 16.4. The second kappa shape index (κ2) is 2.58. The van der Waals surface area contributed by atoms with Crippen molar-refractivity contribution in [2.45, 2.75) is 19.3 Å². The number of rotatable bonds is 2. The average Bonchev–Trinajstić information content (AvgIpc) is 2.31. The van der Waals surface area contributed by atoms with Crippen LogP contribution in [-0.2, 0) is 14.4 Å². The topological polar surface area (TPSA) is 91.7 Å². The van der Waals surface area contributed by atoms with Crippen LogP contribution in [0.5, 0.6) is 0 Å². The zero-order valence-electron chi connectivity index (χ0n) is 6.24. The quantitative estimate of drug-likeness (QED) is 0.567. The first-order valence-electron chi connectivity index (χ1n) is 3.52. The van der Waals surface area contributed by atoms with Gasteiger partial charge in [0, 0.05) is 6.42 Å². The van der Waals surface area contributed by atoms with E-state index in [4.69, 9.17) is 10.2 Å². The van der Waals surface area contributed by atoms with Gasteiger partial charge in [0.25, 0.3) is 0 Å². The number of hydrogen-bond acceptors (Lipinski definition) is 3. The normalized spacial score (nSPS) is 20.8. The molecule has 12 heavy (non-hydrogen) atoms. The summed E-state index contributed by atoms with van der Waals surface area (Å²) in [5.41, 5.74) is -2.15. The van der Waals surface area contributed by atoms with E-state index in [0.29, 0.717) is 6.42 Å². The molecule has 1 aliphatic carbocycles. The number of aliphatic carboxylic acids is 2. The number of carboxylic acids is 2. The summed E-state index contributed by atoms with van der Waals surface area (Å²) in [6.45, 7) is 0. The zero-order chi connectivity index (χ0) is 9.35. The van der Waals surface area contributed by atoms with Gasteiger partial charge in [-0.3, -0.25) is 14.4 Å². The highest BCUT2D eigenvalue weighted by Gasteiger charge is 2.55. The van der Waals surface area contributed by atoms with Gasteiger partial charge < -0.3 is 10.2 Å². The number of hydrogen-bond donors (Lipinski definition) is 2. The van der Waals surface area contributed by atoms with Gasteiger partial charge in [0.1, 0.15) is 0 Å². The first kappa shape index (κ1) is 8.70. The summed E-state index contributed by atoms with van der Waals surface area (Å²) in [5, 5.41) is 17.2. The van der Waals surface area contributed by atoms with E-state index >= 15 is 0 Å². The number of carboxylic acid groups (broad SMARTS) is 2. The second-order valence-corrected chi connectivity index (χ2v) is 2.79. The second-order valence-electron chi connectivity index (χ2n) is 2.79. The lowest BCUT2D eigenvalue weighted by Crippen LogP contribution is -2.42. The lowest BCUT2D eigenvalue weighted by Gasteiger charge is -2.15. The molecule has 5 heteroatoms. The first-order valence-corrected chi connectivity index (χ1v) is 3.52. The van der Waals surface area contributed by atoms with E-state index in [1.807, 2.05) is 0 Å². The molecule has 2 N–H and O–H groups in total. The van der Waals surface area contributed by atoms with Gasteiger partial charge in [-0.2, -0.15) is 0 Å². The van der Waals surface area contributed by atoms with E-state index in [9.17, 15) is 14.4 Å². The summed E-state index contributed by atoms with van der Waals surface area (Å²) >= 11 is 0. The van der Waals surface area contributed by atoms with Crippen molar-refractivity contribution in [2.24, 2.45) is 5.41 Å². The SMILES string of the molecule is O=C(O)C1(C(=O)O)CCCC1=O. The summed E-state index contributed by atoms with van der Waals surface area (Å²) < 4.78 is 0. The van der Waals surface area contributed by atoms with Crippen molar-refractivity contribution in [3.8, 4) is 0 Å². The van der Waals surface area contributed by atoms with Crippen molar-refractivity contribution in [1.29, 1.82) is 0 Å². The molecule has 5 nitrogen and oxygen atoms in total. The van der Waals surface area contributed by atoms with Crippen molar-refractivity contribution in [3.63, 3.8) is 0 Å². The van der Waals surface area contributed by atoms with Crippen LogP contribution >= 0.6 is 0 Å². The standard InChI is InChI=1S/C7H8O5/c8-4-2-1-3-7(4,5(9)10)6(11)12/h1-3H2,(H,9,10)(H,11,12). The van der Waals surface area contributed by atoms with Gasteiger partial charge in [-0.25, -0.2) is 0 Å². The van der Waals surface area contributed by atoms with Crippen molar-refractivity contribution >= 4 is 17.7 Å². The average molecular weight is 172 g/mol. The van der Waals surface area contributed by atoms with Crippen LogP contribution in [-0.4, -0.2) is 27.9 Å². The van der Waals surface area contributed by atoms with Crippen molar-refractivity contribution in [2.75, 3.05) is 0 Å². The summed E-state index contributed by atoms with van der Waals surface area (Å²) in [6.07, 6.45) is 0.312. The molecule has 1 aliphatic rings. The van der Waals surface area contributed by atoms with Gasteiger partial charge in [-0.15, -0.1) is 0 Å². The fraction of sp³-hybridized carbons (Fsp3) is 0.571. The van der Waals surface area contributed by atoms with Crippen LogP contribution in [0, 0.1) is 5.41 Å². The summed E-state index contributed by atoms with van der Waals surface area (Å²) in [7, 11) is 0. The first-order chi connectivity index (χ1) is 5.51. The maximum Gasteiger partial charge on any atom is 0.328 e. The highest BCUT2D eigenvalue weighted by molar-refractivity contribution is 6.20. The molecule has 1 fully saturated rings. The Labute approximate surface area is 68.0 Å². The molecule has 0 heterocycles. The van der Waals surface area contributed by atoms with Crippen LogP contribution in [0.25, 0.3) is 0 Å². The van der Waals surface area contributed by atoms with Crippen LogP contribution in [0.3, 0.4) is 0 Å². The maximum atomic E-state index is 11.0. The molecule has 0 spiro atoms. The molecule has 0 aromatic carbocycles. The molecule has 0 radical (unpaired) electrons. The van der Waals surface area contributed by atoms with E-state index in [-0.39, 0.29) is 12.8 Å². The minimum atomic E-state index is -2.15. The third kappa shape index (κ3) is 0.895. The number of carbonyl (C=O) groups excluding carboxylic acids is 1. The Morgan fingerprint density at radius 3 is 1.92 bits per heavy atom. The molecule has 0 bridgehead atoms. The number of carbonyl (C=O) groups is 3. The summed E-state index contributed by atoms with van der Waals surface area (Å²) in [4.78, 5) is 32.2. The lowest BCUT2D eigenvalue weighted by atomic mass is 9.85. The third-order valence-electron chi connectivity index (χ3n) is 2.16. The Balaban J connectivity index is 3.10. The van der Waals surface area contributed by atoms with E-state index in [1.165, 1.54) is 0 Å². The van der Waals surface area contributed by atoms with Crippen LogP contribution in [0.1, 0.15) is 19.3 Å². The Kier molecular flexibility index (Phi) is 1.87. The molecular weight excluding hydrogens is 164 g/mol. The van der Waals surface area contributed by atoms with E-state index in [0.717, 1.165) is 0 Å². The molecule has 1 saturated carbocycles. The smallest absolute Gasteiger partial charge is 0.328 e. The van der Waals surface area contributed by atoms with Gasteiger partial charge in [0.2, 0.25) is 5.41 Å². The Morgan fingerprint density at radius 2 is 1.75 bits per heavy atom. The largest absolute Gasteiger partial charge is 0.480 e. The molecule has 0 aromatic heterocycles. The predicted octanol–water partition coefficient (Wildman–Crippen LogP) is -0.105. The fourth-order valence-electron chi connectivity index (χ4n) is 1.41. The Morgan fingerprint density at radius 1 is 1.25 bits per heavy atom. The lowest BCUT2D eigenvalue weighted by molar-refractivity contribution is -0.166. The van der Waals surface area contributed by atoms with Crippen molar-refractivity contribution in [3.05, 3.63) is 0 Å². The number of Topliss-reactive ketones (excluding diaryl/α,β-unsaturated/α-hetero) is 1. The molecule has 0 saturated heterocycles. The fourth-order valence-corrected chi connectivity index (χ4v) is 1.41. The zero-order valence-corrected chi connectivity index (χ0v) is 6.24. The molecule has 0 aliphatic heterocycles. The monoisotopic (exact) mass is 172 g/mol. The minimum absolute atomic E-state index is 0.0542. The van der Waals surface area contributed by atoms with Crippen molar-refractivity contribution < 1.29 is 24.6 Å². The van der Waals surface area contributed by atoms with Gasteiger partial charge >= 0.3 is 11.9 Å². The van der Waals surface area contributed by atoms with Gasteiger partial charge in [0.15, 0.2) is 5.78 Å². The van der Waals surface area contributed by atoms with E-state index in [2.05, 4.69) is 0 Å². The van der Waals surface area contributed by atoms with Gasteiger partial charge in [-0.05, 0) is 12.8 Å².